The third-order valence-corrected chi connectivity index (χ3v) is 7.48. The molecule has 0 aliphatic rings. The van der Waals surface area contributed by atoms with Crippen molar-refractivity contribution in [3.8, 4) is 22.7 Å². The average Bonchev–Trinajstić information content (AvgIpc) is 2.93. The molecule has 0 atom stereocenters. The van der Waals surface area contributed by atoms with E-state index in [0.29, 0.717) is 39.9 Å². The number of rotatable bonds is 8. The lowest BCUT2D eigenvalue weighted by atomic mass is 10.1. The zero-order valence-electron chi connectivity index (χ0n) is 21.3. The number of benzene rings is 3. The van der Waals surface area contributed by atoms with Crippen LogP contribution in [0.25, 0.3) is 27.7 Å². The number of hydrogen-bond donors (Lipinski definition) is 3. The first-order chi connectivity index (χ1) is 18.8. The van der Waals surface area contributed by atoms with Crippen molar-refractivity contribution in [2.75, 3.05) is 24.6 Å². The van der Waals surface area contributed by atoms with Gasteiger partial charge < -0.3 is 15.8 Å². The average molecular weight is 543 g/mol. The van der Waals surface area contributed by atoms with Gasteiger partial charge in [-0.05, 0) is 60.6 Å². The summed E-state index contributed by atoms with van der Waals surface area (Å²) in [5, 5.41) is 3.41. The number of ether oxygens (including phenoxy) is 1. The number of nitrogens with zero attached hydrogens (tertiary/aromatic N) is 3. The molecule has 0 fully saturated rings. The van der Waals surface area contributed by atoms with Crippen LogP contribution in [-0.4, -0.2) is 37.1 Å². The molecule has 0 aliphatic carbocycles. The van der Waals surface area contributed by atoms with Crippen LogP contribution in [0, 0.1) is 0 Å². The number of methoxy groups -OCH3 is 1. The third kappa shape index (κ3) is 5.17. The van der Waals surface area contributed by atoms with Crippen LogP contribution >= 0.6 is 0 Å². The molecule has 0 amide bonds. The maximum absolute atomic E-state index is 13.6. The molecule has 5 rings (SSSR count). The number of fused-ring (bicyclic) bond motifs is 1. The van der Waals surface area contributed by atoms with E-state index in [1.807, 2.05) is 25.2 Å². The van der Waals surface area contributed by atoms with Gasteiger partial charge in [0.2, 0.25) is 11.8 Å². The van der Waals surface area contributed by atoms with Crippen molar-refractivity contribution in [1.82, 2.24) is 19.9 Å². The molecule has 4 N–H and O–H groups in total. The van der Waals surface area contributed by atoms with Gasteiger partial charge in [0.1, 0.15) is 4.90 Å². The first kappa shape index (κ1) is 25.9. The second kappa shape index (κ2) is 10.6. The highest BCUT2D eigenvalue weighted by molar-refractivity contribution is 7.92. The van der Waals surface area contributed by atoms with Crippen molar-refractivity contribution in [2.24, 2.45) is 0 Å². The quantitative estimate of drug-likeness (QED) is 0.270. The fourth-order valence-electron chi connectivity index (χ4n) is 4.29. The van der Waals surface area contributed by atoms with Crippen LogP contribution in [0.3, 0.4) is 0 Å². The van der Waals surface area contributed by atoms with Crippen molar-refractivity contribution < 1.29 is 13.2 Å². The van der Waals surface area contributed by atoms with Crippen molar-refractivity contribution in [2.45, 2.75) is 11.4 Å². The van der Waals surface area contributed by atoms with Crippen LogP contribution in [0.15, 0.2) is 94.7 Å². The van der Waals surface area contributed by atoms with E-state index in [2.05, 4.69) is 20.0 Å². The number of pyridine rings is 1. The van der Waals surface area contributed by atoms with E-state index in [0.717, 1.165) is 5.56 Å². The Balaban J connectivity index is 1.61. The topological polar surface area (TPSA) is 141 Å². The number of hydrogen-bond acceptors (Lipinski definition) is 8. The molecule has 10 nitrogen and oxygen atoms in total. The van der Waals surface area contributed by atoms with E-state index in [-0.39, 0.29) is 22.3 Å². The summed E-state index contributed by atoms with van der Waals surface area (Å²) in [4.78, 5) is 22.1. The first-order valence-corrected chi connectivity index (χ1v) is 13.5. The van der Waals surface area contributed by atoms with Crippen LogP contribution in [0.2, 0.25) is 0 Å². The Kier molecular flexibility index (Phi) is 7.01. The number of anilines is 2. The Morgan fingerprint density at radius 1 is 0.974 bits per heavy atom. The maximum atomic E-state index is 13.6. The lowest BCUT2D eigenvalue weighted by molar-refractivity contribution is 0.385. The number of nitrogens with two attached hydrogens (primary N) is 1. The molecule has 0 spiro atoms. The van der Waals surface area contributed by atoms with Gasteiger partial charge in [0, 0.05) is 24.0 Å². The van der Waals surface area contributed by atoms with Gasteiger partial charge >= 0.3 is 0 Å². The molecule has 0 saturated heterocycles. The summed E-state index contributed by atoms with van der Waals surface area (Å²) in [6, 6.07) is 22.5. The minimum Gasteiger partial charge on any atom is -0.480 e. The Morgan fingerprint density at radius 3 is 2.51 bits per heavy atom. The van der Waals surface area contributed by atoms with Gasteiger partial charge in [-0.3, -0.25) is 9.52 Å². The van der Waals surface area contributed by atoms with Gasteiger partial charge in [-0.15, -0.1) is 0 Å². The van der Waals surface area contributed by atoms with Crippen LogP contribution in [0.1, 0.15) is 5.56 Å². The van der Waals surface area contributed by atoms with E-state index in [4.69, 9.17) is 10.5 Å². The zero-order valence-corrected chi connectivity index (χ0v) is 22.1. The first-order valence-electron chi connectivity index (χ1n) is 12.0. The van der Waals surface area contributed by atoms with E-state index in [1.54, 1.807) is 54.6 Å². The van der Waals surface area contributed by atoms with E-state index in [9.17, 15) is 13.2 Å². The molecule has 0 saturated carbocycles. The zero-order chi connectivity index (χ0) is 27.6. The molecule has 3 aromatic carbocycles. The monoisotopic (exact) mass is 542 g/mol. The van der Waals surface area contributed by atoms with Crippen molar-refractivity contribution in [3.63, 3.8) is 0 Å². The van der Waals surface area contributed by atoms with E-state index in [1.165, 1.54) is 23.9 Å². The number of sulfonamides is 1. The van der Waals surface area contributed by atoms with Gasteiger partial charge in [0.15, 0.2) is 0 Å². The van der Waals surface area contributed by atoms with Crippen molar-refractivity contribution in [1.29, 1.82) is 0 Å². The normalized spacial score (nSPS) is 11.4. The SMILES string of the molecule is CNCc1cccc(-n2c(N)nc3ccc(-c4cnc(OC)c(S(=O)(=O)Nc5ccccc5)c4)cc3c2=O)c1. The molecule has 0 bridgehead atoms. The van der Waals surface area contributed by atoms with Crippen LogP contribution in [0.5, 0.6) is 5.88 Å². The Labute approximate surface area is 225 Å². The second-order valence-electron chi connectivity index (χ2n) is 8.75. The number of aromatic nitrogens is 3. The smallest absolute Gasteiger partial charge is 0.267 e. The highest BCUT2D eigenvalue weighted by Gasteiger charge is 2.22. The lowest BCUT2D eigenvalue weighted by Crippen LogP contribution is -2.23. The standard InChI is InChI=1S/C28H26N6O4S/c1-30-16-18-7-6-10-22(13-18)34-27(35)23-14-19(11-12-24(23)32-28(34)29)20-15-25(26(38-2)31-17-20)39(36,37)33-21-8-4-3-5-9-21/h3-15,17,30,33H,16H2,1-2H3,(H2,29,32). The number of para-hydroxylation sites is 1. The molecule has 11 heteroatoms. The van der Waals surface area contributed by atoms with Crippen LogP contribution < -0.4 is 26.1 Å². The van der Waals surface area contributed by atoms with Gasteiger partial charge in [-0.1, -0.05) is 36.4 Å². The minimum atomic E-state index is -4.03. The largest absolute Gasteiger partial charge is 0.480 e. The Bertz CT molecular complexity index is 1840. The van der Waals surface area contributed by atoms with Crippen LogP contribution in [0.4, 0.5) is 11.6 Å². The summed E-state index contributed by atoms with van der Waals surface area (Å²) < 4.78 is 35.6. The molecule has 39 heavy (non-hydrogen) atoms. The molecular formula is C28H26N6O4S. The molecule has 0 radical (unpaired) electrons. The summed E-state index contributed by atoms with van der Waals surface area (Å²) >= 11 is 0. The number of nitrogens with one attached hydrogen (secondary N) is 2. The second-order valence-corrected chi connectivity index (χ2v) is 10.4. The fourth-order valence-corrected chi connectivity index (χ4v) is 5.50. The third-order valence-electron chi connectivity index (χ3n) is 6.10. The molecular weight excluding hydrogens is 516 g/mol. The van der Waals surface area contributed by atoms with Gasteiger partial charge in [0.05, 0.1) is 23.7 Å². The summed E-state index contributed by atoms with van der Waals surface area (Å²) in [6.45, 7) is 0.627. The molecule has 198 valence electrons. The van der Waals surface area contributed by atoms with Crippen molar-refractivity contribution in [3.05, 3.63) is 101 Å². The Hall–Kier alpha value is -4.74. The molecule has 2 aromatic heterocycles. The van der Waals surface area contributed by atoms with Crippen LogP contribution in [-0.2, 0) is 16.6 Å². The summed E-state index contributed by atoms with van der Waals surface area (Å²) in [7, 11) is -0.839. The predicted molar refractivity (Wildman–Crippen MR) is 152 cm³/mol. The maximum Gasteiger partial charge on any atom is 0.267 e. The summed E-state index contributed by atoms with van der Waals surface area (Å²) in [6.07, 6.45) is 1.49. The molecule has 5 aromatic rings. The highest BCUT2D eigenvalue weighted by atomic mass is 32.2. The summed E-state index contributed by atoms with van der Waals surface area (Å²) in [5.74, 6) is 0.00885. The van der Waals surface area contributed by atoms with E-state index >= 15 is 0 Å². The molecule has 0 aliphatic heterocycles. The van der Waals surface area contributed by atoms with Crippen molar-refractivity contribution >= 4 is 32.6 Å². The lowest BCUT2D eigenvalue weighted by Gasteiger charge is -2.14. The number of nitrogen functional groups attached to an aromatic ring is 1. The fraction of sp³-hybridized carbons (Fsp3) is 0.107. The van der Waals surface area contributed by atoms with Gasteiger partial charge in [-0.25, -0.2) is 23.0 Å². The predicted octanol–water partition coefficient (Wildman–Crippen LogP) is 3.56. The Morgan fingerprint density at radius 2 is 1.77 bits per heavy atom. The molecule has 0 unspecified atom stereocenters. The minimum absolute atomic E-state index is 0.0544. The highest BCUT2D eigenvalue weighted by Crippen LogP contribution is 2.30. The van der Waals surface area contributed by atoms with Gasteiger partial charge in [0.25, 0.3) is 15.6 Å². The summed E-state index contributed by atoms with van der Waals surface area (Å²) in [5.41, 5.74) is 9.30. The van der Waals surface area contributed by atoms with E-state index < -0.39 is 10.0 Å². The van der Waals surface area contributed by atoms with Gasteiger partial charge in [-0.2, -0.15) is 0 Å². The molecule has 2 heterocycles.